The van der Waals surface area contributed by atoms with Crippen molar-refractivity contribution in [2.75, 3.05) is 43.9 Å². The van der Waals surface area contributed by atoms with E-state index in [0.29, 0.717) is 12.0 Å². The van der Waals surface area contributed by atoms with E-state index in [1.807, 2.05) is 30.1 Å². The number of thioether (sulfide) groups is 1. The lowest BCUT2D eigenvalue weighted by atomic mass is 9.97. The number of hydrogen-bond acceptors (Lipinski definition) is 5. The molecule has 1 aromatic carbocycles. The fourth-order valence-corrected chi connectivity index (χ4v) is 5.39. The highest BCUT2D eigenvalue weighted by molar-refractivity contribution is 7.99. The van der Waals surface area contributed by atoms with E-state index in [1.165, 1.54) is 23.6 Å². The molecule has 5 heteroatoms. The van der Waals surface area contributed by atoms with Crippen molar-refractivity contribution in [2.45, 2.75) is 30.2 Å². The molecule has 0 radical (unpaired) electrons. The Balaban J connectivity index is 1.35. The zero-order valence-corrected chi connectivity index (χ0v) is 16.4. The van der Waals surface area contributed by atoms with Crippen LogP contribution >= 0.6 is 11.8 Å². The molecule has 4 rings (SSSR count). The van der Waals surface area contributed by atoms with Crippen molar-refractivity contribution in [1.82, 2.24) is 9.88 Å². The van der Waals surface area contributed by atoms with E-state index in [4.69, 9.17) is 4.74 Å². The standard InChI is InChI=1S/C21H27N3OS/c1-16-14-24(21-19(25-2)7-5-10-22-21)13-12-23(16)11-9-17-15-26-20-8-4-3-6-18(17)20/h3-8,10,16-17H,9,11-15H2,1-2H3. The smallest absolute Gasteiger partial charge is 0.171 e. The van der Waals surface area contributed by atoms with Crippen molar-refractivity contribution in [3.05, 3.63) is 48.2 Å². The van der Waals surface area contributed by atoms with Gasteiger partial charge in [-0.25, -0.2) is 4.98 Å². The minimum Gasteiger partial charge on any atom is -0.493 e. The molecule has 2 unspecified atom stereocenters. The van der Waals surface area contributed by atoms with E-state index in [-0.39, 0.29) is 0 Å². The predicted octanol–water partition coefficient (Wildman–Crippen LogP) is 3.88. The molecule has 0 bridgehead atoms. The lowest BCUT2D eigenvalue weighted by Crippen LogP contribution is -2.52. The molecule has 1 aromatic heterocycles. The van der Waals surface area contributed by atoms with Crippen LogP contribution in [0.2, 0.25) is 0 Å². The van der Waals surface area contributed by atoms with Crippen LogP contribution < -0.4 is 9.64 Å². The Labute approximate surface area is 160 Å². The number of nitrogens with zero attached hydrogens (tertiary/aromatic N) is 3. The van der Waals surface area contributed by atoms with Gasteiger partial charge in [0.15, 0.2) is 11.6 Å². The molecule has 138 valence electrons. The number of hydrogen-bond donors (Lipinski definition) is 0. The van der Waals surface area contributed by atoms with Gasteiger partial charge in [-0.05, 0) is 49.6 Å². The lowest BCUT2D eigenvalue weighted by molar-refractivity contribution is 0.183. The molecule has 0 spiro atoms. The van der Waals surface area contributed by atoms with Gasteiger partial charge in [0.2, 0.25) is 0 Å². The van der Waals surface area contributed by atoms with E-state index in [9.17, 15) is 0 Å². The number of anilines is 1. The van der Waals surface area contributed by atoms with Gasteiger partial charge >= 0.3 is 0 Å². The monoisotopic (exact) mass is 369 g/mol. The largest absolute Gasteiger partial charge is 0.493 e. The highest BCUT2D eigenvalue weighted by Gasteiger charge is 2.28. The third-order valence-electron chi connectivity index (χ3n) is 5.60. The van der Waals surface area contributed by atoms with Gasteiger partial charge in [-0.1, -0.05) is 18.2 Å². The van der Waals surface area contributed by atoms with Crippen LogP contribution in [0, 0.1) is 0 Å². The third kappa shape index (κ3) is 3.55. The van der Waals surface area contributed by atoms with E-state index < -0.39 is 0 Å². The predicted molar refractivity (Wildman–Crippen MR) is 109 cm³/mol. The van der Waals surface area contributed by atoms with Crippen LogP contribution in [0.15, 0.2) is 47.5 Å². The molecule has 2 aromatic rings. The van der Waals surface area contributed by atoms with Crippen LogP contribution in [0.5, 0.6) is 5.75 Å². The first-order valence-electron chi connectivity index (χ1n) is 9.46. The molecule has 1 saturated heterocycles. The van der Waals surface area contributed by atoms with Gasteiger partial charge in [-0.15, -0.1) is 11.8 Å². The van der Waals surface area contributed by atoms with Crippen LogP contribution in [0.3, 0.4) is 0 Å². The number of aromatic nitrogens is 1. The highest BCUT2D eigenvalue weighted by atomic mass is 32.2. The van der Waals surface area contributed by atoms with Crippen molar-refractivity contribution in [3.63, 3.8) is 0 Å². The molecule has 0 saturated carbocycles. The molecule has 1 fully saturated rings. The van der Waals surface area contributed by atoms with Gasteiger partial charge in [-0.3, -0.25) is 4.90 Å². The normalized spacial score (nSPS) is 23.1. The van der Waals surface area contributed by atoms with Gasteiger partial charge in [-0.2, -0.15) is 0 Å². The molecular weight excluding hydrogens is 342 g/mol. The molecule has 0 aliphatic carbocycles. The molecule has 2 aliphatic heterocycles. The molecule has 26 heavy (non-hydrogen) atoms. The average molecular weight is 370 g/mol. The molecular formula is C21H27N3OS. The van der Waals surface area contributed by atoms with Crippen molar-refractivity contribution in [2.24, 2.45) is 0 Å². The van der Waals surface area contributed by atoms with Gasteiger partial charge in [0, 0.05) is 42.5 Å². The summed E-state index contributed by atoms with van der Waals surface area (Å²) in [5, 5.41) is 0. The Morgan fingerprint density at radius 3 is 2.92 bits per heavy atom. The number of methoxy groups -OCH3 is 1. The maximum atomic E-state index is 5.49. The second-order valence-electron chi connectivity index (χ2n) is 7.19. The Morgan fingerprint density at radius 1 is 1.19 bits per heavy atom. The lowest BCUT2D eigenvalue weighted by Gasteiger charge is -2.41. The fourth-order valence-electron chi connectivity index (χ4n) is 4.09. The van der Waals surface area contributed by atoms with E-state index >= 15 is 0 Å². The summed E-state index contributed by atoms with van der Waals surface area (Å²) in [5.74, 6) is 3.78. The van der Waals surface area contributed by atoms with E-state index in [1.54, 1.807) is 12.7 Å². The Bertz CT molecular complexity index is 754. The number of benzene rings is 1. The van der Waals surface area contributed by atoms with Crippen molar-refractivity contribution in [1.29, 1.82) is 0 Å². The first kappa shape index (κ1) is 17.7. The maximum Gasteiger partial charge on any atom is 0.171 e. The average Bonchev–Trinajstić information content (AvgIpc) is 3.10. The third-order valence-corrected chi connectivity index (χ3v) is 6.85. The summed E-state index contributed by atoms with van der Waals surface area (Å²) in [6, 6.07) is 13.4. The second kappa shape index (κ2) is 7.89. The number of pyridine rings is 1. The van der Waals surface area contributed by atoms with Crippen LogP contribution in [0.1, 0.15) is 24.8 Å². The van der Waals surface area contributed by atoms with Crippen molar-refractivity contribution >= 4 is 17.6 Å². The van der Waals surface area contributed by atoms with E-state index in [0.717, 1.165) is 31.2 Å². The SMILES string of the molecule is COc1cccnc1N1CCN(CCC2CSc3ccccc32)C(C)C1. The minimum atomic E-state index is 0.528. The number of rotatable bonds is 5. The molecule has 2 atom stereocenters. The Hall–Kier alpha value is -1.72. The minimum absolute atomic E-state index is 0.528. The molecule has 0 N–H and O–H groups in total. The molecule has 3 heterocycles. The second-order valence-corrected chi connectivity index (χ2v) is 8.26. The topological polar surface area (TPSA) is 28.6 Å². The molecule has 0 amide bonds. The van der Waals surface area contributed by atoms with Gasteiger partial charge in [0.05, 0.1) is 7.11 Å². The van der Waals surface area contributed by atoms with Crippen molar-refractivity contribution in [3.8, 4) is 5.75 Å². The summed E-state index contributed by atoms with van der Waals surface area (Å²) >= 11 is 2.02. The summed E-state index contributed by atoms with van der Waals surface area (Å²) in [6.07, 6.45) is 3.10. The summed E-state index contributed by atoms with van der Waals surface area (Å²) in [6.45, 7) is 6.60. The first-order chi connectivity index (χ1) is 12.8. The first-order valence-corrected chi connectivity index (χ1v) is 10.4. The summed E-state index contributed by atoms with van der Waals surface area (Å²) in [5.41, 5.74) is 1.56. The van der Waals surface area contributed by atoms with Crippen LogP contribution in [-0.2, 0) is 0 Å². The van der Waals surface area contributed by atoms with E-state index in [2.05, 4.69) is 46.0 Å². The zero-order valence-electron chi connectivity index (χ0n) is 15.6. The maximum absolute atomic E-state index is 5.49. The molecule has 2 aliphatic rings. The van der Waals surface area contributed by atoms with Gasteiger partial charge < -0.3 is 9.64 Å². The summed E-state index contributed by atoms with van der Waals surface area (Å²) < 4.78 is 5.49. The quantitative estimate of drug-likeness (QED) is 0.798. The fraction of sp³-hybridized carbons (Fsp3) is 0.476. The van der Waals surface area contributed by atoms with Gasteiger partial charge in [0.1, 0.15) is 0 Å². The Morgan fingerprint density at radius 2 is 2.08 bits per heavy atom. The number of ether oxygens (including phenoxy) is 1. The van der Waals surface area contributed by atoms with Crippen molar-refractivity contribution < 1.29 is 4.74 Å². The Kier molecular flexibility index (Phi) is 5.36. The van der Waals surface area contributed by atoms with Gasteiger partial charge in [0.25, 0.3) is 0 Å². The van der Waals surface area contributed by atoms with Crippen LogP contribution in [0.25, 0.3) is 0 Å². The summed E-state index contributed by atoms with van der Waals surface area (Å²) in [4.78, 5) is 11.0. The summed E-state index contributed by atoms with van der Waals surface area (Å²) in [7, 11) is 1.72. The molecule has 4 nitrogen and oxygen atoms in total. The highest BCUT2D eigenvalue weighted by Crippen LogP contribution is 2.41. The number of fused-ring (bicyclic) bond motifs is 1. The number of piperazine rings is 1. The van der Waals surface area contributed by atoms with Crippen LogP contribution in [-0.4, -0.2) is 55.0 Å². The van der Waals surface area contributed by atoms with Crippen LogP contribution in [0.4, 0.5) is 5.82 Å². The zero-order chi connectivity index (χ0) is 17.9.